The Morgan fingerprint density at radius 1 is 0.981 bits per heavy atom. The van der Waals surface area contributed by atoms with Crippen molar-refractivity contribution < 1.29 is 41.7 Å². The van der Waals surface area contributed by atoms with Crippen LogP contribution < -0.4 is 4.90 Å². The Labute approximate surface area is 314 Å². The molecule has 0 unspecified atom stereocenters. The van der Waals surface area contributed by atoms with Gasteiger partial charge in [0.15, 0.2) is 0 Å². The average molecular weight is 764 g/mol. The number of nitrogens with zero attached hydrogens (tertiary/aromatic N) is 5. The van der Waals surface area contributed by atoms with Gasteiger partial charge in [-0.25, -0.2) is 17.6 Å². The van der Waals surface area contributed by atoms with Crippen LogP contribution in [0, 0.1) is 17.7 Å². The number of halogens is 1. The fourth-order valence-corrected chi connectivity index (χ4v) is 8.73. The van der Waals surface area contributed by atoms with Gasteiger partial charge in [-0.3, -0.25) is 9.69 Å². The Bertz CT molecular complexity index is 1550. The number of hydrogen-bond acceptors (Lipinski definition) is 11. The molecule has 4 aliphatic rings. The van der Waals surface area contributed by atoms with Crippen LogP contribution in [-0.2, 0) is 29.0 Å². The molecule has 5 rings (SSSR count). The number of carbonyl (C=O) groups excluding carboxylic acids is 2. The minimum atomic E-state index is -3.43. The predicted octanol–water partition coefficient (Wildman–Crippen LogP) is 3.05. The van der Waals surface area contributed by atoms with Gasteiger partial charge in [0, 0.05) is 83.6 Å². The van der Waals surface area contributed by atoms with Crippen molar-refractivity contribution in [3.8, 4) is 0 Å². The number of esters is 1. The Hall–Kier alpha value is -3.08. The quantitative estimate of drug-likeness (QED) is 0.310. The van der Waals surface area contributed by atoms with E-state index in [2.05, 4.69) is 9.80 Å². The number of rotatable bonds is 8. The molecule has 53 heavy (non-hydrogen) atoms. The number of carbonyl (C=O) groups is 2. The van der Waals surface area contributed by atoms with Gasteiger partial charge in [-0.2, -0.15) is 4.31 Å². The summed E-state index contributed by atoms with van der Waals surface area (Å²) in [4.78, 5) is 34.1. The van der Waals surface area contributed by atoms with Gasteiger partial charge in [-0.05, 0) is 68.1 Å². The van der Waals surface area contributed by atoms with Crippen LogP contribution in [0.1, 0.15) is 45.6 Å². The van der Waals surface area contributed by atoms with E-state index in [4.69, 9.17) is 14.2 Å². The third-order valence-corrected chi connectivity index (χ3v) is 12.6. The lowest BCUT2D eigenvalue weighted by Crippen LogP contribution is -2.50. The van der Waals surface area contributed by atoms with E-state index in [0.29, 0.717) is 88.7 Å². The van der Waals surface area contributed by atoms with Gasteiger partial charge in [0.05, 0.1) is 31.5 Å². The van der Waals surface area contributed by atoms with Crippen molar-refractivity contribution in [2.75, 3.05) is 103 Å². The summed E-state index contributed by atoms with van der Waals surface area (Å²) in [5.41, 5.74) is 1.89. The average Bonchev–Trinajstić information content (AvgIpc) is 3.13. The third-order valence-electron chi connectivity index (χ3n) is 10.8. The van der Waals surface area contributed by atoms with E-state index in [9.17, 15) is 23.1 Å². The number of amides is 1. The number of ether oxygens (including phenoxy) is 3. The van der Waals surface area contributed by atoms with E-state index in [0.717, 1.165) is 26.2 Å². The molecule has 3 saturated heterocycles. The van der Waals surface area contributed by atoms with Crippen molar-refractivity contribution in [2.24, 2.45) is 11.8 Å². The van der Waals surface area contributed by atoms with E-state index in [1.54, 1.807) is 11.0 Å². The molecule has 296 valence electrons. The SMILES string of the molecule is C/C(=C\c1cc(F)cc(N2CCN(S(=O)(=O)CCN3CCOCC3)CC2)c1)[C@H]1OC(=O)C[C@H](O)CC[C@H](C)[C@H](OC(=O)N2CCN(C)CC2)/C=C/[C@@H]1C. The van der Waals surface area contributed by atoms with Gasteiger partial charge in [-0.1, -0.05) is 26.0 Å². The molecular weight excluding hydrogens is 706 g/mol. The normalized spacial score (nSPS) is 28.8. The highest BCUT2D eigenvalue weighted by molar-refractivity contribution is 7.89. The lowest BCUT2D eigenvalue weighted by Gasteiger charge is -2.36. The number of piperazine rings is 2. The minimum absolute atomic E-state index is 0.0565. The summed E-state index contributed by atoms with van der Waals surface area (Å²) in [7, 11) is -1.41. The van der Waals surface area contributed by atoms with Gasteiger partial charge in [0.2, 0.25) is 10.0 Å². The third kappa shape index (κ3) is 12.0. The van der Waals surface area contributed by atoms with Gasteiger partial charge in [-0.15, -0.1) is 0 Å². The second kappa shape index (κ2) is 19.0. The molecule has 5 atom stereocenters. The van der Waals surface area contributed by atoms with Crippen molar-refractivity contribution in [1.82, 2.24) is 19.0 Å². The highest BCUT2D eigenvalue weighted by Gasteiger charge is 2.31. The first kappa shape index (κ1) is 41.1. The van der Waals surface area contributed by atoms with E-state index in [1.165, 1.54) is 16.4 Å². The largest absolute Gasteiger partial charge is 0.457 e. The number of hydrogen-bond donors (Lipinski definition) is 1. The number of likely N-dealkylation sites (N-methyl/N-ethyl adjacent to an activating group) is 1. The summed E-state index contributed by atoms with van der Waals surface area (Å²) in [6.07, 6.45) is 3.73. The van der Waals surface area contributed by atoms with E-state index in [1.807, 2.05) is 50.9 Å². The van der Waals surface area contributed by atoms with Gasteiger partial charge in [0.1, 0.15) is 18.0 Å². The van der Waals surface area contributed by atoms with Gasteiger partial charge < -0.3 is 34.0 Å². The molecular formula is C38H58FN5O8S. The zero-order valence-corrected chi connectivity index (χ0v) is 32.5. The molecule has 0 aliphatic carbocycles. The Kier molecular flexibility index (Phi) is 14.7. The number of cyclic esters (lactones) is 1. The molecule has 1 N–H and O–H groups in total. The smallest absolute Gasteiger partial charge is 0.410 e. The number of aliphatic hydroxyl groups is 1. The molecule has 13 nitrogen and oxygen atoms in total. The summed E-state index contributed by atoms with van der Waals surface area (Å²) >= 11 is 0. The Morgan fingerprint density at radius 2 is 1.68 bits per heavy atom. The maximum Gasteiger partial charge on any atom is 0.410 e. The summed E-state index contributed by atoms with van der Waals surface area (Å²) in [6, 6.07) is 4.71. The molecule has 4 aliphatic heterocycles. The van der Waals surface area contributed by atoms with Crippen molar-refractivity contribution >= 4 is 33.8 Å². The zero-order chi connectivity index (χ0) is 38.1. The van der Waals surface area contributed by atoms with Gasteiger partial charge in [0.25, 0.3) is 0 Å². The monoisotopic (exact) mass is 763 g/mol. The van der Waals surface area contributed by atoms with Gasteiger partial charge >= 0.3 is 12.1 Å². The zero-order valence-electron chi connectivity index (χ0n) is 31.7. The van der Waals surface area contributed by atoms with Crippen LogP contribution in [0.15, 0.2) is 35.9 Å². The molecule has 0 spiro atoms. The minimum Gasteiger partial charge on any atom is -0.457 e. The molecule has 0 radical (unpaired) electrons. The molecule has 1 aromatic rings. The van der Waals surface area contributed by atoms with Crippen LogP contribution in [-0.4, -0.2) is 161 Å². The topological polar surface area (TPSA) is 132 Å². The van der Waals surface area contributed by atoms with E-state index < -0.39 is 40.1 Å². The van der Waals surface area contributed by atoms with Crippen molar-refractivity contribution in [2.45, 2.75) is 58.3 Å². The highest BCUT2D eigenvalue weighted by Crippen LogP contribution is 2.28. The lowest BCUT2D eigenvalue weighted by atomic mass is 9.91. The van der Waals surface area contributed by atoms with E-state index in [-0.39, 0.29) is 30.1 Å². The Balaban J connectivity index is 1.27. The summed E-state index contributed by atoms with van der Waals surface area (Å²) in [6.45, 7) is 13.1. The molecule has 0 saturated carbocycles. The number of aliphatic hydroxyl groups excluding tert-OH is 1. The maximum atomic E-state index is 15.1. The predicted molar refractivity (Wildman–Crippen MR) is 201 cm³/mol. The molecule has 0 aromatic heterocycles. The fraction of sp³-hybridized carbons (Fsp3) is 0.684. The van der Waals surface area contributed by atoms with E-state index >= 15 is 4.39 Å². The van der Waals surface area contributed by atoms with Crippen LogP contribution in [0.3, 0.4) is 0 Å². The maximum absolute atomic E-state index is 15.1. The van der Waals surface area contributed by atoms with Crippen LogP contribution in [0.5, 0.6) is 0 Å². The molecule has 3 fully saturated rings. The Morgan fingerprint density at radius 3 is 2.38 bits per heavy atom. The van der Waals surface area contributed by atoms with Crippen molar-refractivity contribution in [3.63, 3.8) is 0 Å². The first-order chi connectivity index (χ1) is 25.3. The van der Waals surface area contributed by atoms with Crippen LogP contribution in [0.2, 0.25) is 0 Å². The second-order valence-corrected chi connectivity index (χ2v) is 17.1. The summed E-state index contributed by atoms with van der Waals surface area (Å²) in [5.74, 6) is -1.35. The first-order valence-corrected chi connectivity index (χ1v) is 20.6. The number of benzene rings is 1. The van der Waals surface area contributed by atoms with Crippen LogP contribution >= 0.6 is 0 Å². The second-order valence-electron chi connectivity index (χ2n) is 15.0. The first-order valence-electron chi connectivity index (χ1n) is 19.0. The van der Waals surface area contributed by atoms with Crippen molar-refractivity contribution in [1.29, 1.82) is 0 Å². The van der Waals surface area contributed by atoms with Crippen molar-refractivity contribution in [3.05, 3.63) is 47.3 Å². The number of sulfonamides is 1. The summed E-state index contributed by atoms with van der Waals surface area (Å²) in [5, 5.41) is 10.7. The number of anilines is 1. The fourth-order valence-electron chi connectivity index (χ4n) is 7.26. The number of morpholine rings is 1. The standard InChI is InChI=1S/C38H58FN5O8S/c1-28-5-7-34(45)27-36(46)52-37(29(2)6-8-35(28)51-38(47)43-11-9-40(4)10-12-43)30(3)23-31-24-32(39)26-33(25-31)42-13-15-44(16-14-42)53(48,49)22-19-41-17-20-50-21-18-41/h6,8,23-26,28-29,34-35,37,45H,5,7,9-22,27H2,1-4H3/b8-6+,30-23+/t28-,29-,34+,35+,37-/m0/s1. The molecule has 15 heteroatoms. The van der Waals surface area contributed by atoms with Crippen LogP contribution in [0.25, 0.3) is 6.08 Å². The molecule has 1 aromatic carbocycles. The van der Waals surface area contributed by atoms with Crippen LogP contribution in [0.4, 0.5) is 14.9 Å². The molecule has 4 heterocycles. The highest BCUT2D eigenvalue weighted by atomic mass is 32.2. The molecule has 0 bridgehead atoms. The molecule has 1 amide bonds. The lowest BCUT2D eigenvalue weighted by molar-refractivity contribution is -0.151. The summed E-state index contributed by atoms with van der Waals surface area (Å²) < 4.78 is 60.1.